The number of aromatic nitrogens is 1. The number of pyridine rings is 1. The van der Waals surface area contributed by atoms with Crippen molar-refractivity contribution in [1.82, 2.24) is 10.3 Å². The fourth-order valence-corrected chi connectivity index (χ4v) is 2.40. The second-order valence-corrected chi connectivity index (χ2v) is 5.05. The van der Waals surface area contributed by atoms with Gasteiger partial charge in [-0.1, -0.05) is 6.92 Å². The maximum absolute atomic E-state index is 12.1. The van der Waals surface area contributed by atoms with Gasteiger partial charge >= 0.3 is 0 Å². The van der Waals surface area contributed by atoms with Crippen LogP contribution in [-0.4, -0.2) is 16.6 Å². The molecule has 0 saturated carbocycles. The summed E-state index contributed by atoms with van der Waals surface area (Å²) in [6, 6.07) is 7.20. The molecule has 0 fully saturated rings. The Morgan fingerprint density at radius 3 is 3.05 bits per heavy atom. The number of carbonyl (C=O) groups excluding carboxylic acids is 1. The number of amides is 1. The number of carbonyl (C=O) groups is 1. The molecular weight excluding hydrogens is 260 g/mol. The summed E-state index contributed by atoms with van der Waals surface area (Å²) in [4.78, 5) is 16.4. The normalized spacial score (nSPS) is 10.4. The number of rotatable bonds is 6. The predicted octanol–water partition coefficient (Wildman–Crippen LogP) is 3.11. The quantitative estimate of drug-likeness (QED) is 0.824. The van der Waals surface area contributed by atoms with Gasteiger partial charge in [-0.25, -0.2) is 4.98 Å². The third kappa shape index (κ3) is 3.86. The largest absolute Gasteiger partial charge is 0.467 e. The van der Waals surface area contributed by atoms with Gasteiger partial charge in [-0.15, -0.1) is 11.8 Å². The zero-order chi connectivity index (χ0) is 13.5. The SMILES string of the molecule is CCCSc1ncccc1C(=O)NCc1ccco1. The van der Waals surface area contributed by atoms with Crippen LogP contribution in [-0.2, 0) is 6.54 Å². The lowest BCUT2D eigenvalue weighted by Crippen LogP contribution is -2.23. The van der Waals surface area contributed by atoms with E-state index in [9.17, 15) is 4.79 Å². The van der Waals surface area contributed by atoms with Crippen molar-refractivity contribution in [3.8, 4) is 0 Å². The molecule has 0 spiro atoms. The van der Waals surface area contributed by atoms with E-state index in [0.717, 1.165) is 23.0 Å². The van der Waals surface area contributed by atoms with Crippen LogP contribution in [0.15, 0.2) is 46.2 Å². The zero-order valence-corrected chi connectivity index (χ0v) is 11.6. The van der Waals surface area contributed by atoms with Crippen LogP contribution in [0.5, 0.6) is 0 Å². The number of hydrogen-bond acceptors (Lipinski definition) is 4. The monoisotopic (exact) mass is 276 g/mol. The Morgan fingerprint density at radius 2 is 2.32 bits per heavy atom. The molecule has 2 rings (SSSR count). The molecule has 0 bridgehead atoms. The van der Waals surface area contributed by atoms with E-state index in [4.69, 9.17) is 4.42 Å². The first kappa shape index (κ1) is 13.7. The molecule has 1 amide bonds. The van der Waals surface area contributed by atoms with E-state index in [-0.39, 0.29) is 5.91 Å². The molecule has 0 aliphatic heterocycles. The van der Waals surface area contributed by atoms with Crippen molar-refractivity contribution >= 4 is 17.7 Å². The minimum Gasteiger partial charge on any atom is -0.467 e. The fraction of sp³-hybridized carbons (Fsp3) is 0.286. The van der Waals surface area contributed by atoms with Crippen molar-refractivity contribution in [3.63, 3.8) is 0 Å². The van der Waals surface area contributed by atoms with Gasteiger partial charge in [0.2, 0.25) is 0 Å². The minimum atomic E-state index is -0.122. The van der Waals surface area contributed by atoms with Gasteiger partial charge in [0, 0.05) is 6.20 Å². The van der Waals surface area contributed by atoms with Crippen LogP contribution in [0.3, 0.4) is 0 Å². The summed E-state index contributed by atoms with van der Waals surface area (Å²) in [5.41, 5.74) is 0.618. The number of hydrogen-bond donors (Lipinski definition) is 1. The van der Waals surface area contributed by atoms with Crippen LogP contribution < -0.4 is 5.32 Å². The Morgan fingerprint density at radius 1 is 1.42 bits per heavy atom. The lowest BCUT2D eigenvalue weighted by atomic mass is 10.2. The van der Waals surface area contributed by atoms with E-state index in [2.05, 4.69) is 17.2 Å². The Bertz CT molecular complexity index is 526. The standard InChI is InChI=1S/C14H16N2O2S/c1-2-9-19-14-12(6-3-7-15-14)13(17)16-10-11-5-4-8-18-11/h3-8H,2,9-10H2,1H3,(H,16,17). The van der Waals surface area contributed by atoms with E-state index in [1.54, 1.807) is 42.4 Å². The van der Waals surface area contributed by atoms with Gasteiger partial charge in [-0.3, -0.25) is 4.79 Å². The van der Waals surface area contributed by atoms with Gasteiger partial charge < -0.3 is 9.73 Å². The van der Waals surface area contributed by atoms with Crippen LogP contribution in [0.4, 0.5) is 0 Å². The molecule has 2 aromatic rings. The average molecular weight is 276 g/mol. The van der Waals surface area contributed by atoms with Crippen molar-refractivity contribution in [2.24, 2.45) is 0 Å². The third-order valence-corrected chi connectivity index (χ3v) is 3.67. The van der Waals surface area contributed by atoms with E-state index in [0.29, 0.717) is 12.1 Å². The van der Waals surface area contributed by atoms with Crippen molar-refractivity contribution in [2.75, 3.05) is 5.75 Å². The topological polar surface area (TPSA) is 55.1 Å². The van der Waals surface area contributed by atoms with Gasteiger partial charge in [0.1, 0.15) is 10.8 Å². The molecule has 4 nitrogen and oxygen atoms in total. The molecule has 0 unspecified atom stereocenters. The third-order valence-electron chi connectivity index (χ3n) is 2.46. The second kappa shape index (κ2) is 6.99. The van der Waals surface area contributed by atoms with Crippen LogP contribution >= 0.6 is 11.8 Å². The first-order valence-electron chi connectivity index (χ1n) is 6.19. The van der Waals surface area contributed by atoms with Crippen molar-refractivity contribution in [3.05, 3.63) is 48.0 Å². The Kier molecular flexibility index (Phi) is 5.03. The second-order valence-electron chi connectivity index (χ2n) is 3.97. The van der Waals surface area contributed by atoms with Crippen LogP contribution in [0.2, 0.25) is 0 Å². The molecule has 0 aromatic carbocycles. The van der Waals surface area contributed by atoms with Gasteiger partial charge in [0.25, 0.3) is 5.91 Å². The van der Waals surface area contributed by atoms with E-state index in [1.165, 1.54) is 0 Å². The Balaban J connectivity index is 2.01. The maximum Gasteiger partial charge on any atom is 0.254 e. The number of thioether (sulfide) groups is 1. The molecule has 0 atom stereocenters. The van der Waals surface area contributed by atoms with E-state index in [1.807, 2.05) is 6.07 Å². The number of nitrogens with zero attached hydrogens (tertiary/aromatic N) is 1. The van der Waals surface area contributed by atoms with Crippen LogP contribution in [0.25, 0.3) is 0 Å². The molecule has 2 heterocycles. The molecule has 2 aromatic heterocycles. The fourth-order valence-electron chi connectivity index (χ4n) is 1.55. The lowest BCUT2D eigenvalue weighted by molar-refractivity contribution is 0.0944. The highest BCUT2D eigenvalue weighted by Gasteiger charge is 2.12. The maximum atomic E-state index is 12.1. The Labute approximate surface area is 116 Å². The molecule has 0 aliphatic carbocycles. The molecule has 5 heteroatoms. The molecular formula is C14H16N2O2S. The van der Waals surface area contributed by atoms with E-state index >= 15 is 0 Å². The zero-order valence-electron chi connectivity index (χ0n) is 10.8. The number of nitrogens with one attached hydrogen (secondary N) is 1. The molecule has 0 saturated heterocycles. The minimum absolute atomic E-state index is 0.122. The first-order valence-corrected chi connectivity index (χ1v) is 7.18. The summed E-state index contributed by atoms with van der Waals surface area (Å²) in [7, 11) is 0. The van der Waals surface area contributed by atoms with Gasteiger partial charge in [0.15, 0.2) is 0 Å². The molecule has 0 radical (unpaired) electrons. The number of furan rings is 1. The summed E-state index contributed by atoms with van der Waals surface area (Å²) >= 11 is 1.60. The van der Waals surface area contributed by atoms with Crippen molar-refractivity contribution in [2.45, 2.75) is 24.9 Å². The molecule has 0 aliphatic rings. The molecule has 100 valence electrons. The van der Waals surface area contributed by atoms with E-state index < -0.39 is 0 Å². The van der Waals surface area contributed by atoms with Gasteiger partial charge in [-0.2, -0.15) is 0 Å². The van der Waals surface area contributed by atoms with Gasteiger partial charge in [0.05, 0.1) is 18.4 Å². The summed E-state index contributed by atoms with van der Waals surface area (Å²) in [5, 5.41) is 3.61. The average Bonchev–Trinajstić information content (AvgIpc) is 2.96. The van der Waals surface area contributed by atoms with Crippen molar-refractivity contribution in [1.29, 1.82) is 0 Å². The van der Waals surface area contributed by atoms with Crippen molar-refractivity contribution < 1.29 is 9.21 Å². The van der Waals surface area contributed by atoms with Crippen LogP contribution in [0.1, 0.15) is 29.5 Å². The highest BCUT2D eigenvalue weighted by Crippen LogP contribution is 2.20. The first-order chi connectivity index (χ1) is 9.31. The van der Waals surface area contributed by atoms with Crippen LogP contribution in [0, 0.1) is 0 Å². The summed E-state index contributed by atoms with van der Waals surface area (Å²) in [5.74, 6) is 1.57. The smallest absolute Gasteiger partial charge is 0.254 e. The summed E-state index contributed by atoms with van der Waals surface area (Å²) in [6.07, 6.45) is 4.35. The predicted molar refractivity (Wildman–Crippen MR) is 75.1 cm³/mol. The van der Waals surface area contributed by atoms with Gasteiger partial charge in [-0.05, 0) is 36.4 Å². The highest BCUT2D eigenvalue weighted by atomic mass is 32.2. The summed E-state index contributed by atoms with van der Waals surface area (Å²) in [6.45, 7) is 2.49. The molecule has 19 heavy (non-hydrogen) atoms. The lowest BCUT2D eigenvalue weighted by Gasteiger charge is -2.07. The molecule has 1 N–H and O–H groups in total. The highest BCUT2D eigenvalue weighted by molar-refractivity contribution is 7.99. The summed E-state index contributed by atoms with van der Waals surface area (Å²) < 4.78 is 5.18. The Hall–Kier alpha value is -1.75.